The lowest BCUT2D eigenvalue weighted by molar-refractivity contribution is 0.142. The Morgan fingerprint density at radius 2 is 1.80 bits per heavy atom. The maximum Gasteiger partial charge on any atom is 0.133 e. The number of ether oxygens (including phenoxy) is 1. The van der Waals surface area contributed by atoms with E-state index >= 15 is 0 Å². The molecule has 106 valence electrons. The number of aliphatic hydroxyl groups is 1. The highest BCUT2D eigenvalue weighted by atomic mass is 79.9. The number of methoxy groups -OCH3 is 1. The van der Waals surface area contributed by atoms with E-state index in [-0.39, 0.29) is 5.92 Å². The smallest absolute Gasteiger partial charge is 0.133 e. The molecular weight excluding hydrogens is 316 g/mol. The van der Waals surface area contributed by atoms with Crippen LogP contribution in [0.2, 0.25) is 0 Å². The van der Waals surface area contributed by atoms with Gasteiger partial charge in [-0.25, -0.2) is 0 Å². The van der Waals surface area contributed by atoms with Gasteiger partial charge >= 0.3 is 0 Å². The van der Waals surface area contributed by atoms with Crippen molar-refractivity contribution in [2.24, 2.45) is 0 Å². The van der Waals surface area contributed by atoms with Crippen LogP contribution in [-0.4, -0.2) is 12.2 Å². The Balaban J connectivity index is 2.29. The molecule has 0 aromatic heterocycles. The van der Waals surface area contributed by atoms with E-state index in [9.17, 15) is 5.11 Å². The van der Waals surface area contributed by atoms with Crippen molar-refractivity contribution in [2.75, 3.05) is 7.11 Å². The highest BCUT2D eigenvalue weighted by molar-refractivity contribution is 9.10. The minimum Gasteiger partial charge on any atom is -0.496 e. The van der Waals surface area contributed by atoms with Crippen molar-refractivity contribution in [1.82, 2.24) is 0 Å². The van der Waals surface area contributed by atoms with E-state index in [0.29, 0.717) is 0 Å². The summed E-state index contributed by atoms with van der Waals surface area (Å²) >= 11 is 3.47. The summed E-state index contributed by atoms with van der Waals surface area (Å²) < 4.78 is 6.08. The number of benzene rings is 2. The molecule has 0 aliphatic rings. The number of rotatable bonds is 5. The minimum absolute atomic E-state index is 0.0940. The van der Waals surface area contributed by atoms with Gasteiger partial charge in [-0.2, -0.15) is 0 Å². The standard InChI is InChI=1S/C17H19BrO2/c1-3-14(12-7-5-4-6-8-12)17(19)13-9-10-16(20-2)15(18)11-13/h4-11,14,17,19H,3H2,1-2H3. The molecule has 20 heavy (non-hydrogen) atoms. The summed E-state index contributed by atoms with van der Waals surface area (Å²) in [6.07, 6.45) is 0.360. The highest BCUT2D eigenvalue weighted by Gasteiger charge is 2.21. The Labute approximate surface area is 128 Å². The van der Waals surface area contributed by atoms with Gasteiger partial charge in [-0.15, -0.1) is 0 Å². The topological polar surface area (TPSA) is 29.5 Å². The molecule has 0 radical (unpaired) electrons. The molecule has 2 aromatic carbocycles. The maximum absolute atomic E-state index is 10.7. The summed E-state index contributed by atoms with van der Waals surface area (Å²) in [6.45, 7) is 2.10. The molecule has 2 nitrogen and oxygen atoms in total. The molecule has 0 saturated heterocycles. The Bertz CT molecular complexity index is 554. The molecule has 0 amide bonds. The molecule has 0 fully saturated rings. The van der Waals surface area contributed by atoms with E-state index in [1.165, 1.54) is 0 Å². The van der Waals surface area contributed by atoms with Gasteiger partial charge in [-0.05, 0) is 45.6 Å². The van der Waals surface area contributed by atoms with Crippen LogP contribution in [0.3, 0.4) is 0 Å². The van der Waals surface area contributed by atoms with Crippen molar-refractivity contribution in [3.05, 3.63) is 64.1 Å². The third-order valence-electron chi connectivity index (χ3n) is 3.57. The molecule has 0 saturated carbocycles. The molecule has 0 aliphatic heterocycles. The van der Waals surface area contributed by atoms with Crippen LogP contribution in [0.1, 0.15) is 36.5 Å². The normalized spacial score (nSPS) is 13.8. The summed E-state index contributed by atoms with van der Waals surface area (Å²) in [5.74, 6) is 0.866. The second kappa shape index (κ2) is 6.91. The lowest BCUT2D eigenvalue weighted by Crippen LogP contribution is -2.10. The first-order chi connectivity index (χ1) is 9.67. The lowest BCUT2D eigenvalue weighted by atomic mass is 9.87. The van der Waals surface area contributed by atoms with Crippen LogP contribution in [-0.2, 0) is 0 Å². The lowest BCUT2D eigenvalue weighted by Gasteiger charge is -2.23. The Morgan fingerprint density at radius 3 is 2.35 bits per heavy atom. The van der Waals surface area contributed by atoms with Crippen LogP contribution in [0.5, 0.6) is 5.75 Å². The van der Waals surface area contributed by atoms with E-state index in [1.807, 2.05) is 36.4 Å². The SMILES string of the molecule is CCC(c1ccccc1)C(O)c1ccc(OC)c(Br)c1. The quantitative estimate of drug-likeness (QED) is 0.859. The van der Waals surface area contributed by atoms with Crippen LogP contribution in [0.25, 0.3) is 0 Å². The van der Waals surface area contributed by atoms with Gasteiger partial charge in [-0.3, -0.25) is 0 Å². The first kappa shape index (κ1) is 15.1. The number of aliphatic hydroxyl groups excluding tert-OH is 1. The molecular formula is C17H19BrO2. The van der Waals surface area contributed by atoms with Crippen molar-refractivity contribution >= 4 is 15.9 Å². The Hall–Kier alpha value is -1.32. The van der Waals surface area contributed by atoms with E-state index in [4.69, 9.17) is 4.74 Å². The first-order valence-electron chi connectivity index (χ1n) is 6.73. The van der Waals surface area contributed by atoms with Crippen molar-refractivity contribution in [2.45, 2.75) is 25.4 Å². The van der Waals surface area contributed by atoms with Crippen LogP contribution in [0.4, 0.5) is 0 Å². The van der Waals surface area contributed by atoms with Crippen molar-refractivity contribution in [3.63, 3.8) is 0 Å². The second-order valence-corrected chi connectivity index (χ2v) is 5.62. The predicted molar refractivity (Wildman–Crippen MR) is 85.1 cm³/mol. The summed E-state index contributed by atoms with van der Waals surface area (Å²) in [5, 5.41) is 10.7. The zero-order valence-electron chi connectivity index (χ0n) is 11.7. The molecule has 2 atom stereocenters. The zero-order chi connectivity index (χ0) is 14.5. The van der Waals surface area contributed by atoms with E-state index in [0.717, 1.165) is 27.8 Å². The molecule has 0 spiro atoms. The largest absolute Gasteiger partial charge is 0.496 e. The van der Waals surface area contributed by atoms with Crippen LogP contribution in [0, 0.1) is 0 Å². The molecule has 2 unspecified atom stereocenters. The Kier molecular flexibility index (Phi) is 5.21. The van der Waals surface area contributed by atoms with Crippen molar-refractivity contribution in [3.8, 4) is 5.75 Å². The molecule has 0 heterocycles. The van der Waals surface area contributed by atoms with E-state index < -0.39 is 6.10 Å². The maximum atomic E-state index is 10.7. The molecule has 0 aliphatic carbocycles. The van der Waals surface area contributed by atoms with E-state index in [1.54, 1.807) is 7.11 Å². The second-order valence-electron chi connectivity index (χ2n) is 4.76. The molecule has 1 N–H and O–H groups in total. The van der Waals surface area contributed by atoms with Crippen LogP contribution >= 0.6 is 15.9 Å². The van der Waals surface area contributed by atoms with Crippen molar-refractivity contribution in [1.29, 1.82) is 0 Å². The van der Waals surface area contributed by atoms with Gasteiger partial charge in [0.05, 0.1) is 17.7 Å². The molecule has 2 rings (SSSR count). The fourth-order valence-corrected chi connectivity index (χ4v) is 3.00. The van der Waals surface area contributed by atoms with Gasteiger partial charge in [0, 0.05) is 5.92 Å². The van der Waals surface area contributed by atoms with Gasteiger partial charge in [0.1, 0.15) is 5.75 Å². The van der Waals surface area contributed by atoms with Gasteiger partial charge in [0.15, 0.2) is 0 Å². The summed E-state index contributed by atoms with van der Waals surface area (Å²) in [5.41, 5.74) is 2.06. The number of halogens is 1. The fraction of sp³-hybridized carbons (Fsp3) is 0.294. The van der Waals surface area contributed by atoms with Crippen LogP contribution < -0.4 is 4.74 Å². The fourth-order valence-electron chi connectivity index (χ4n) is 2.44. The molecule has 0 bridgehead atoms. The first-order valence-corrected chi connectivity index (χ1v) is 7.53. The average molecular weight is 335 g/mol. The average Bonchev–Trinajstić information content (AvgIpc) is 2.49. The zero-order valence-corrected chi connectivity index (χ0v) is 13.3. The summed E-state index contributed by atoms with van der Waals surface area (Å²) in [6, 6.07) is 15.9. The highest BCUT2D eigenvalue weighted by Crippen LogP contribution is 2.36. The third-order valence-corrected chi connectivity index (χ3v) is 4.19. The summed E-state index contributed by atoms with van der Waals surface area (Å²) in [4.78, 5) is 0. The van der Waals surface area contributed by atoms with Gasteiger partial charge in [0.2, 0.25) is 0 Å². The molecule has 2 aromatic rings. The van der Waals surface area contributed by atoms with Gasteiger partial charge < -0.3 is 9.84 Å². The summed E-state index contributed by atoms with van der Waals surface area (Å²) in [7, 11) is 1.63. The Morgan fingerprint density at radius 1 is 1.10 bits per heavy atom. The van der Waals surface area contributed by atoms with Crippen molar-refractivity contribution < 1.29 is 9.84 Å². The van der Waals surface area contributed by atoms with Crippen LogP contribution in [0.15, 0.2) is 53.0 Å². The molecule has 3 heteroatoms. The predicted octanol–water partition coefficient (Wildman–Crippen LogP) is 4.68. The minimum atomic E-state index is -0.524. The van der Waals surface area contributed by atoms with Gasteiger partial charge in [-0.1, -0.05) is 43.3 Å². The third kappa shape index (κ3) is 3.22. The number of hydrogen-bond donors (Lipinski definition) is 1. The van der Waals surface area contributed by atoms with E-state index in [2.05, 4.69) is 35.0 Å². The number of hydrogen-bond acceptors (Lipinski definition) is 2. The monoisotopic (exact) mass is 334 g/mol. The van der Waals surface area contributed by atoms with Gasteiger partial charge in [0.25, 0.3) is 0 Å².